The summed E-state index contributed by atoms with van der Waals surface area (Å²) in [6.07, 6.45) is 1.10. The predicted molar refractivity (Wildman–Crippen MR) is 76.3 cm³/mol. The third-order valence-corrected chi connectivity index (χ3v) is 2.95. The first-order valence-corrected chi connectivity index (χ1v) is 6.70. The maximum absolute atomic E-state index is 11.3. The lowest BCUT2D eigenvalue weighted by atomic mass is 9.96. The minimum absolute atomic E-state index is 0.215. The molecule has 0 aliphatic heterocycles. The van der Waals surface area contributed by atoms with E-state index in [1.807, 2.05) is 52.0 Å². The van der Waals surface area contributed by atoms with E-state index in [0.29, 0.717) is 19.4 Å². The van der Waals surface area contributed by atoms with Gasteiger partial charge in [0.25, 0.3) is 0 Å². The second-order valence-corrected chi connectivity index (χ2v) is 5.97. The van der Waals surface area contributed by atoms with Crippen molar-refractivity contribution in [3.8, 4) is 0 Å². The molecule has 0 heterocycles. The highest BCUT2D eigenvalue weighted by atomic mass is 16.5. The Morgan fingerprint density at radius 2 is 1.84 bits per heavy atom. The molecule has 0 fully saturated rings. The molecule has 0 bridgehead atoms. The average molecular weight is 264 g/mol. The van der Waals surface area contributed by atoms with Crippen LogP contribution in [0.4, 0.5) is 0 Å². The van der Waals surface area contributed by atoms with E-state index in [2.05, 4.69) is 0 Å². The second kappa shape index (κ2) is 6.71. The molecule has 19 heavy (non-hydrogen) atoms. The molecular formula is C16H24O3. The van der Waals surface area contributed by atoms with Crippen LogP contribution in [0.25, 0.3) is 0 Å². The van der Waals surface area contributed by atoms with Crippen LogP contribution in [-0.2, 0) is 16.0 Å². The molecular weight excluding hydrogens is 240 g/mol. The lowest BCUT2D eigenvalue weighted by molar-refractivity contribution is -0.142. The van der Waals surface area contributed by atoms with Gasteiger partial charge in [0.2, 0.25) is 0 Å². The van der Waals surface area contributed by atoms with E-state index in [0.717, 1.165) is 5.56 Å². The summed E-state index contributed by atoms with van der Waals surface area (Å²) in [5.41, 5.74) is 2.04. The topological polar surface area (TPSA) is 46.5 Å². The monoisotopic (exact) mass is 264 g/mol. The van der Waals surface area contributed by atoms with E-state index in [1.165, 1.54) is 5.56 Å². The summed E-state index contributed by atoms with van der Waals surface area (Å²) in [6.45, 7) is 8.43. The number of hydrogen-bond donors (Lipinski definition) is 1. The van der Waals surface area contributed by atoms with Gasteiger partial charge in [-0.3, -0.25) is 4.79 Å². The van der Waals surface area contributed by atoms with Crippen molar-refractivity contribution >= 4 is 5.97 Å². The summed E-state index contributed by atoms with van der Waals surface area (Å²) >= 11 is 0. The van der Waals surface area contributed by atoms with Crippen LogP contribution in [0.15, 0.2) is 24.3 Å². The maximum Gasteiger partial charge on any atom is 0.306 e. The van der Waals surface area contributed by atoms with Crippen LogP contribution in [0.5, 0.6) is 0 Å². The molecule has 3 nitrogen and oxygen atoms in total. The number of carboxylic acids is 1. The fraction of sp³-hybridized carbons (Fsp3) is 0.562. The van der Waals surface area contributed by atoms with Gasteiger partial charge in [-0.25, -0.2) is 0 Å². The number of aryl methyl sites for hydroxylation is 1. The third kappa shape index (κ3) is 6.39. The molecule has 0 saturated carbocycles. The Morgan fingerprint density at radius 3 is 2.32 bits per heavy atom. The molecule has 1 unspecified atom stereocenters. The van der Waals surface area contributed by atoms with Crippen LogP contribution in [0.1, 0.15) is 38.3 Å². The standard InChI is InChI=1S/C16H24O3/c1-12-5-7-13(8-6-12)11-14(15(17)18)9-10-19-16(2,3)4/h5-8,14H,9-11H2,1-4H3,(H,17,18). The van der Waals surface area contributed by atoms with Crippen LogP contribution in [0, 0.1) is 12.8 Å². The molecule has 1 atom stereocenters. The summed E-state index contributed by atoms with van der Waals surface area (Å²) in [7, 11) is 0. The first-order chi connectivity index (χ1) is 8.78. The van der Waals surface area contributed by atoms with E-state index < -0.39 is 5.97 Å². The van der Waals surface area contributed by atoms with Gasteiger partial charge in [0.1, 0.15) is 0 Å². The Morgan fingerprint density at radius 1 is 1.26 bits per heavy atom. The van der Waals surface area contributed by atoms with Crippen LogP contribution >= 0.6 is 0 Å². The highest BCUT2D eigenvalue weighted by Gasteiger charge is 2.19. The fourth-order valence-corrected chi connectivity index (χ4v) is 1.83. The van der Waals surface area contributed by atoms with Crippen LogP contribution < -0.4 is 0 Å². The first kappa shape index (κ1) is 15.7. The molecule has 1 aromatic carbocycles. The zero-order chi connectivity index (χ0) is 14.5. The Bertz CT molecular complexity index is 401. The van der Waals surface area contributed by atoms with Crippen molar-refractivity contribution in [3.05, 3.63) is 35.4 Å². The van der Waals surface area contributed by atoms with Crippen LogP contribution in [-0.4, -0.2) is 23.3 Å². The van der Waals surface area contributed by atoms with Crippen molar-refractivity contribution in [2.45, 2.75) is 46.1 Å². The van der Waals surface area contributed by atoms with Gasteiger partial charge < -0.3 is 9.84 Å². The van der Waals surface area contributed by atoms with Crippen molar-refractivity contribution in [2.24, 2.45) is 5.92 Å². The van der Waals surface area contributed by atoms with E-state index in [4.69, 9.17) is 4.74 Å². The molecule has 0 amide bonds. The smallest absolute Gasteiger partial charge is 0.306 e. The molecule has 0 spiro atoms. The summed E-state index contributed by atoms with van der Waals surface area (Å²) in [4.78, 5) is 11.3. The number of hydrogen-bond acceptors (Lipinski definition) is 2. The number of carboxylic acid groups (broad SMARTS) is 1. The van der Waals surface area contributed by atoms with Crippen LogP contribution in [0.3, 0.4) is 0 Å². The van der Waals surface area contributed by atoms with Gasteiger partial charge in [0.05, 0.1) is 11.5 Å². The van der Waals surface area contributed by atoms with Crippen molar-refractivity contribution in [1.29, 1.82) is 0 Å². The summed E-state index contributed by atoms with van der Waals surface area (Å²) < 4.78 is 5.60. The van der Waals surface area contributed by atoms with Gasteiger partial charge in [-0.2, -0.15) is 0 Å². The highest BCUT2D eigenvalue weighted by molar-refractivity contribution is 5.70. The Kier molecular flexibility index (Phi) is 5.55. The molecule has 1 N–H and O–H groups in total. The summed E-state index contributed by atoms with van der Waals surface area (Å²) in [5.74, 6) is -1.14. The van der Waals surface area contributed by atoms with Gasteiger partial charge >= 0.3 is 5.97 Å². The van der Waals surface area contributed by atoms with E-state index in [9.17, 15) is 9.90 Å². The zero-order valence-electron chi connectivity index (χ0n) is 12.3. The molecule has 0 radical (unpaired) electrons. The van der Waals surface area contributed by atoms with E-state index in [-0.39, 0.29) is 11.5 Å². The van der Waals surface area contributed by atoms with E-state index >= 15 is 0 Å². The van der Waals surface area contributed by atoms with E-state index in [1.54, 1.807) is 0 Å². The molecule has 106 valence electrons. The molecule has 3 heteroatoms. The van der Waals surface area contributed by atoms with Crippen molar-refractivity contribution in [3.63, 3.8) is 0 Å². The maximum atomic E-state index is 11.3. The summed E-state index contributed by atoms with van der Waals surface area (Å²) in [5, 5.41) is 9.26. The lowest BCUT2D eigenvalue weighted by Gasteiger charge is -2.21. The Hall–Kier alpha value is -1.35. The normalized spacial score (nSPS) is 13.3. The number of ether oxygens (including phenoxy) is 1. The first-order valence-electron chi connectivity index (χ1n) is 6.70. The molecule has 1 rings (SSSR count). The van der Waals surface area contributed by atoms with Gasteiger partial charge in [-0.15, -0.1) is 0 Å². The van der Waals surface area contributed by atoms with Gasteiger partial charge in [0.15, 0.2) is 0 Å². The third-order valence-electron chi connectivity index (χ3n) is 2.95. The van der Waals surface area contributed by atoms with Gasteiger partial charge in [-0.05, 0) is 46.1 Å². The predicted octanol–water partition coefficient (Wildman–Crippen LogP) is 3.44. The minimum atomic E-state index is -0.752. The van der Waals surface area contributed by atoms with Crippen molar-refractivity contribution < 1.29 is 14.6 Å². The van der Waals surface area contributed by atoms with Crippen molar-refractivity contribution in [2.75, 3.05) is 6.61 Å². The molecule has 0 aliphatic carbocycles. The number of benzene rings is 1. The largest absolute Gasteiger partial charge is 0.481 e. The fourth-order valence-electron chi connectivity index (χ4n) is 1.83. The van der Waals surface area contributed by atoms with Crippen molar-refractivity contribution in [1.82, 2.24) is 0 Å². The SMILES string of the molecule is Cc1ccc(CC(CCOC(C)(C)C)C(=O)O)cc1. The quantitative estimate of drug-likeness (QED) is 0.856. The number of rotatable bonds is 6. The number of aliphatic carboxylic acids is 1. The lowest BCUT2D eigenvalue weighted by Crippen LogP contribution is -2.24. The average Bonchev–Trinajstić information content (AvgIpc) is 2.28. The summed E-state index contributed by atoms with van der Waals surface area (Å²) in [6, 6.07) is 8.02. The van der Waals surface area contributed by atoms with Gasteiger partial charge in [0, 0.05) is 6.61 Å². The Labute approximate surface area is 115 Å². The van der Waals surface area contributed by atoms with Gasteiger partial charge in [-0.1, -0.05) is 29.8 Å². The Balaban J connectivity index is 2.53. The highest BCUT2D eigenvalue weighted by Crippen LogP contribution is 2.16. The number of carbonyl (C=O) groups is 1. The molecule has 0 aliphatic rings. The second-order valence-electron chi connectivity index (χ2n) is 5.97. The molecule has 0 saturated heterocycles. The molecule has 0 aromatic heterocycles. The minimum Gasteiger partial charge on any atom is -0.481 e. The molecule has 1 aromatic rings. The van der Waals surface area contributed by atoms with Crippen LogP contribution in [0.2, 0.25) is 0 Å². The zero-order valence-corrected chi connectivity index (χ0v) is 12.3.